The van der Waals surface area contributed by atoms with E-state index < -0.39 is 11.5 Å². The average molecular weight is 513 g/mol. The van der Waals surface area contributed by atoms with Crippen molar-refractivity contribution in [3.8, 4) is 16.9 Å². The normalized spacial score (nSPS) is 10.7. The number of hydrogen-bond acceptors (Lipinski definition) is 5. The predicted octanol–water partition coefficient (Wildman–Crippen LogP) is 6.29. The van der Waals surface area contributed by atoms with E-state index in [0.717, 1.165) is 5.39 Å². The standard InChI is InChI=1S/C25H18Cl2N2O4S/c1-2-32-22-10-7-15(12-20(22)27)23(30)29-25(34)28-16-8-9-17(19(26)13-16)18-11-14-5-3-4-6-21(14)33-24(18)31/h3-13H,2H2,1H3,(H2,28,29,30,34). The van der Waals surface area contributed by atoms with Crippen LogP contribution in [0.5, 0.6) is 5.75 Å². The Morgan fingerprint density at radius 2 is 1.79 bits per heavy atom. The molecule has 0 unspecified atom stereocenters. The summed E-state index contributed by atoms with van der Waals surface area (Å²) in [7, 11) is 0. The van der Waals surface area contributed by atoms with Crippen molar-refractivity contribution >= 4 is 63.1 Å². The molecule has 6 nitrogen and oxygen atoms in total. The van der Waals surface area contributed by atoms with Gasteiger partial charge >= 0.3 is 5.63 Å². The van der Waals surface area contributed by atoms with E-state index in [2.05, 4.69) is 10.6 Å². The summed E-state index contributed by atoms with van der Waals surface area (Å²) in [6.07, 6.45) is 0. The number of carbonyl (C=O) groups excluding carboxylic acids is 1. The lowest BCUT2D eigenvalue weighted by molar-refractivity contribution is 0.0977. The molecule has 9 heteroatoms. The third kappa shape index (κ3) is 5.22. The van der Waals surface area contributed by atoms with Crippen LogP contribution in [0.15, 0.2) is 75.9 Å². The molecule has 172 valence electrons. The van der Waals surface area contributed by atoms with Gasteiger partial charge in [0, 0.05) is 22.2 Å². The van der Waals surface area contributed by atoms with Crippen molar-refractivity contribution in [2.75, 3.05) is 11.9 Å². The van der Waals surface area contributed by atoms with Crippen molar-refractivity contribution in [2.45, 2.75) is 6.92 Å². The molecule has 1 heterocycles. The Labute approximate surface area is 210 Å². The number of halogens is 2. The van der Waals surface area contributed by atoms with E-state index in [4.69, 9.17) is 44.6 Å². The number of para-hydroxylation sites is 1. The average Bonchev–Trinajstić information content (AvgIpc) is 2.80. The van der Waals surface area contributed by atoms with Gasteiger partial charge in [0.05, 0.1) is 22.2 Å². The zero-order valence-electron chi connectivity index (χ0n) is 17.9. The summed E-state index contributed by atoms with van der Waals surface area (Å²) in [5.41, 5.74) is 1.74. The first-order valence-electron chi connectivity index (χ1n) is 10.2. The number of anilines is 1. The highest BCUT2D eigenvalue weighted by atomic mass is 35.5. The van der Waals surface area contributed by atoms with Crippen LogP contribution in [-0.2, 0) is 0 Å². The van der Waals surface area contributed by atoms with Gasteiger partial charge in [0.15, 0.2) is 5.11 Å². The highest BCUT2D eigenvalue weighted by Crippen LogP contribution is 2.30. The van der Waals surface area contributed by atoms with Gasteiger partial charge in [-0.25, -0.2) is 4.79 Å². The number of ether oxygens (including phenoxy) is 1. The van der Waals surface area contributed by atoms with E-state index >= 15 is 0 Å². The van der Waals surface area contributed by atoms with Crippen molar-refractivity contribution in [3.05, 3.63) is 92.8 Å². The van der Waals surface area contributed by atoms with E-state index in [-0.39, 0.29) is 5.11 Å². The molecular weight excluding hydrogens is 495 g/mol. The molecule has 0 atom stereocenters. The number of carbonyl (C=O) groups is 1. The summed E-state index contributed by atoms with van der Waals surface area (Å²) in [5.74, 6) is 0.0653. The molecule has 3 aromatic carbocycles. The number of nitrogens with one attached hydrogen (secondary N) is 2. The second-order valence-electron chi connectivity index (χ2n) is 7.17. The maximum Gasteiger partial charge on any atom is 0.344 e. The molecule has 4 aromatic rings. The minimum Gasteiger partial charge on any atom is -0.492 e. The second-order valence-corrected chi connectivity index (χ2v) is 8.39. The van der Waals surface area contributed by atoms with E-state index in [9.17, 15) is 9.59 Å². The van der Waals surface area contributed by atoms with Crippen LogP contribution >= 0.6 is 35.4 Å². The third-order valence-electron chi connectivity index (χ3n) is 4.88. The maximum atomic E-state index is 12.5. The Bertz CT molecular complexity index is 1470. The predicted molar refractivity (Wildman–Crippen MR) is 139 cm³/mol. The Kier molecular flexibility index (Phi) is 7.17. The summed E-state index contributed by atoms with van der Waals surface area (Å²) in [6.45, 7) is 2.31. The summed E-state index contributed by atoms with van der Waals surface area (Å²) >= 11 is 17.8. The van der Waals surface area contributed by atoms with Crippen LogP contribution in [-0.4, -0.2) is 17.6 Å². The number of thiocarbonyl (C=S) groups is 1. The first-order valence-corrected chi connectivity index (χ1v) is 11.4. The summed E-state index contributed by atoms with van der Waals surface area (Å²) in [6, 6.07) is 18.7. The molecule has 0 bridgehead atoms. The number of benzene rings is 3. The largest absolute Gasteiger partial charge is 0.492 e. The van der Waals surface area contributed by atoms with Gasteiger partial charge in [0.25, 0.3) is 5.91 Å². The fourth-order valence-electron chi connectivity index (χ4n) is 3.31. The van der Waals surface area contributed by atoms with Crippen molar-refractivity contribution in [1.29, 1.82) is 0 Å². The molecule has 4 rings (SSSR count). The molecule has 0 spiro atoms. The zero-order chi connectivity index (χ0) is 24.2. The lowest BCUT2D eigenvalue weighted by Gasteiger charge is -2.12. The first kappa shape index (κ1) is 23.8. The second kappa shape index (κ2) is 10.3. The number of rotatable bonds is 5. The zero-order valence-corrected chi connectivity index (χ0v) is 20.2. The van der Waals surface area contributed by atoms with Gasteiger partial charge < -0.3 is 14.5 Å². The van der Waals surface area contributed by atoms with Crippen LogP contribution in [0.25, 0.3) is 22.1 Å². The van der Waals surface area contributed by atoms with Crippen LogP contribution in [0.2, 0.25) is 10.0 Å². The Hall–Kier alpha value is -3.39. The van der Waals surface area contributed by atoms with Gasteiger partial charge in [-0.2, -0.15) is 0 Å². The van der Waals surface area contributed by atoms with Crippen molar-refractivity contribution < 1.29 is 13.9 Å². The van der Waals surface area contributed by atoms with Gasteiger partial charge in [-0.3, -0.25) is 10.1 Å². The van der Waals surface area contributed by atoms with E-state index in [0.29, 0.717) is 50.4 Å². The number of fused-ring (bicyclic) bond motifs is 1. The molecule has 1 aromatic heterocycles. The molecule has 0 saturated heterocycles. The van der Waals surface area contributed by atoms with Crippen LogP contribution in [0, 0.1) is 0 Å². The summed E-state index contributed by atoms with van der Waals surface area (Å²) in [5, 5.41) is 7.01. The SMILES string of the molecule is CCOc1ccc(C(=O)NC(=S)Nc2ccc(-c3cc4ccccc4oc3=O)c(Cl)c2)cc1Cl. The molecule has 0 aliphatic rings. The Morgan fingerprint density at radius 1 is 1.00 bits per heavy atom. The van der Waals surface area contributed by atoms with Crippen LogP contribution in [0.1, 0.15) is 17.3 Å². The molecule has 34 heavy (non-hydrogen) atoms. The molecule has 0 saturated carbocycles. The van der Waals surface area contributed by atoms with Gasteiger partial charge in [0.1, 0.15) is 11.3 Å². The summed E-state index contributed by atoms with van der Waals surface area (Å²) < 4.78 is 10.8. The first-order chi connectivity index (χ1) is 16.4. The van der Waals surface area contributed by atoms with Gasteiger partial charge in [-0.1, -0.05) is 47.5 Å². The summed E-state index contributed by atoms with van der Waals surface area (Å²) in [4.78, 5) is 25.0. The number of hydrogen-bond donors (Lipinski definition) is 2. The molecule has 1 amide bonds. The quantitative estimate of drug-likeness (QED) is 0.241. The Morgan fingerprint density at radius 3 is 2.53 bits per heavy atom. The Balaban J connectivity index is 1.48. The van der Waals surface area contributed by atoms with Crippen LogP contribution in [0.4, 0.5) is 5.69 Å². The van der Waals surface area contributed by atoms with Gasteiger partial charge in [0.2, 0.25) is 0 Å². The highest BCUT2D eigenvalue weighted by Gasteiger charge is 2.14. The van der Waals surface area contributed by atoms with Crippen LogP contribution < -0.4 is 21.0 Å². The molecule has 0 fully saturated rings. The number of amides is 1. The lowest BCUT2D eigenvalue weighted by atomic mass is 10.1. The topological polar surface area (TPSA) is 80.6 Å². The van der Waals surface area contributed by atoms with Crippen LogP contribution in [0.3, 0.4) is 0 Å². The van der Waals surface area contributed by atoms with Crippen molar-refractivity contribution in [3.63, 3.8) is 0 Å². The fraction of sp³-hybridized carbons (Fsp3) is 0.0800. The van der Waals surface area contributed by atoms with Crippen molar-refractivity contribution in [1.82, 2.24) is 5.32 Å². The van der Waals surface area contributed by atoms with E-state index in [1.807, 2.05) is 19.1 Å². The maximum absolute atomic E-state index is 12.5. The minimum absolute atomic E-state index is 0.0732. The lowest BCUT2D eigenvalue weighted by Crippen LogP contribution is -2.34. The third-order valence-corrected chi connectivity index (χ3v) is 5.69. The van der Waals surface area contributed by atoms with Gasteiger partial charge in [-0.15, -0.1) is 0 Å². The molecular formula is C25H18Cl2N2O4S. The highest BCUT2D eigenvalue weighted by molar-refractivity contribution is 7.80. The monoisotopic (exact) mass is 512 g/mol. The molecule has 2 N–H and O–H groups in total. The minimum atomic E-state index is -0.488. The molecule has 0 radical (unpaired) electrons. The van der Waals surface area contributed by atoms with E-state index in [1.54, 1.807) is 48.5 Å². The van der Waals surface area contributed by atoms with E-state index in [1.165, 1.54) is 6.07 Å². The smallest absolute Gasteiger partial charge is 0.344 e. The fourth-order valence-corrected chi connectivity index (χ4v) is 4.04. The van der Waals surface area contributed by atoms with Gasteiger partial charge in [-0.05, 0) is 61.6 Å². The molecule has 0 aliphatic carbocycles. The molecule has 0 aliphatic heterocycles. The van der Waals surface area contributed by atoms with Crippen molar-refractivity contribution in [2.24, 2.45) is 0 Å².